The zero-order valence-corrected chi connectivity index (χ0v) is 29.9. The molecule has 246 valence electrons. The van der Waals surface area contributed by atoms with Crippen molar-refractivity contribution in [3.05, 3.63) is 198 Å². The van der Waals surface area contributed by atoms with E-state index in [9.17, 15) is 0 Å². The molecule has 0 atom stereocenters. The molecule has 0 fully saturated rings. The van der Waals surface area contributed by atoms with E-state index in [0.29, 0.717) is 0 Å². The van der Waals surface area contributed by atoms with Crippen LogP contribution >= 0.6 is 15.9 Å². The fraction of sp³-hybridized carbons (Fsp3) is 0.0204. The molecular formula is C49H33BrN2. The Morgan fingerprint density at radius 1 is 0.404 bits per heavy atom. The maximum absolute atomic E-state index is 3.52. The lowest BCUT2D eigenvalue weighted by Crippen LogP contribution is -1.92. The number of hydrogen-bond acceptors (Lipinski definition) is 0. The lowest BCUT2D eigenvalue weighted by Gasteiger charge is -2.09. The molecule has 0 spiro atoms. The molecule has 2 aromatic heterocycles. The second-order valence-corrected chi connectivity index (χ2v) is 14.5. The largest absolute Gasteiger partial charge is 0.355 e. The normalized spacial score (nSPS) is 11.9. The van der Waals surface area contributed by atoms with Gasteiger partial charge in [-0.3, -0.25) is 0 Å². The standard InChI is InChI=1S/C36H24N2.C13H9Br/c1-2-8-28(9-3-1)38-35-13-7-5-11-30(35)32-23-27(19-21-36(32)38)25-16-14-24(15-17-25)26-18-20-34-31(22-26)29-10-4-6-12-33(29)37-34;14-11-6-5-10-7-9-3-1-2-4-12(9)13(10)8-11/h1-23,37H;1-6,8H,7H2. The molecule has 1 N–H and O–H groups in total. The van der Waals surface area contributed by atoms with E-state index in [1.165, 1.54) is 93.8 Å². The van der Waals surface area contributed by atoms with E-state index in [-0.39, 0.29) is 0 Å². The first-order valence-electron chi connectivity index (χ1n) is 17.7. The topological polar surface area (TPSA) is 20.7 Å². The molecular weight excluding hydrogens is 696 g/mol. The van der Waals surface area contributed by atoms with Gasteiger partial charge in [0, 0.05) is 42.7 Å². The summed E-state index contributed by atoms with van der Waals surface area (Å²) >= 11 is 3.52. The number of halogens is 1. The first-order chi connectivity index (χ1) is 25.7. The van der Waals surface area contributed by atoms with Gasteiger partial charge in [0.25, 0.3) is 0 Å². The Morgan fingerprint density at radius 3 is 1.83 bits per heavy atom. The fourth-order valence-corrected chi connectivity index (χ4v) is 8.35. The summed E-state index contributed by atoms with van der Waals surface area (Å²) in [4.78, 5) is 3.52. The van der Waals surface area contributed by atoms with E-state index < -0.39 is 0 Å². The van der Waals surface area contributed by atoms with Crippen LogP contribution in [0.1, 0.15) is 11.1 Å². The predicted molar refractivity (Wildman–Crippen MR) is 223 cm³/mol. The number of rotatable bonds is 3. The monoisotopic (exact) mass is 728 g/mol. The van der Waals surface area contributed by atoms with E-state index in [1.807, 2.05) is 0 Å². The predicted octanol–water partition coefficient (Wildman–Crippen LogP) is 13.8. The number of H-pyrrole nitrogens is 1. The molecule has 3 heteroatoms. The van der Waals surface area contributed by atoms with Gasteiger partial charge in [-0.2, -0.15) is 0 Å². The Morgan fingerprint density at radius 2 is 1.00 bits per heavy atom. The summed E-state index contributed by atoms with van der Waals surface area (Å²) in [5.74, 6) is 0. The minimum atomic E-state index is 1.08. The number of nitrogens with one attached hydrogen (secondary N) is 1. The van der Waals surface area contributed by atoms with Crippen LogP contribution in [0.5, 0.6) is 0 Å². The molecule has 0 aliphatic heterocycles. The van der Waals surface area contributed by atoms with Crippen LogP contribution in [0.3, 0.4) is 0 Å². The molecule has 0 unspecified atom stereocenters. The van der Waals surface area contributed by atoms with E-state index >= 15 is 0 Å². The number of benzene rings is 8. The summed E-state index contributed by atoms with van der Waals surface area (Å²) in [5.41, 5.74) is 16.6. The quantitative estimate of drug-likeness (QED) is 0.187. The zero-order chi connectivity index (χ0) is 34.6. The highest BCUT2D eigenvalue weighted by atomic mass is 79.9. The van der Waals surface area contributed by atoms with Crippen molar-refractivity contribution >= 4 is 59.5 Å². The summed E-state index contributed by atoms with van der Waals surface area (Å²) in [6.45, 7) is 0. The Balaban J connectivity index is 0.000000202. The summed E-state index contributed by atoms with van der Waals surface area (Å²) in [6, 6.07) is 65.5. The summed E-state index contributed by atoms with van der Waals surface area (Å²) in [6.07, 6.45) is 1.08. The Bertz CT molecular complexity index is 2930. The van der Waals surface area contributed by atoms with Gasteiger partial charge in [-0.1, -0.05) is 137 Å². The first-order valence-corrected chi connectivity index (χ1v) is 18.5. The highest BCUT2D eigenvalue weighted by molar-refractivity contribution is 9.10. The molecule has 2 heterocycles. The maximum atomic E-state index is 3.52. The molecule has 10 aromatic rings. The number of para-hydroxylation sites is 3. The number of aromatic nitrogens is 2. The van der Waals surface area contributed by atoms with Crippen LogP contribution in [0.15, 0.2) is 186 Å². The summed E-state index contributed by atoms with van der Waals surface area (Å²) < 4.78 is 3.52. The van der Waals surface area contributed by atoms with E-state index in [2.05, 4.69) is 207 Å². The number of nitrogens with zero attached hydrogens (tertiary/aromatic N) is 1. The smallest absolute Gasteiger partial charge is 0.0541 e. The van der Waals surface area contributed by atoms with Gasteiger partial charge >= 0.3 is 0 Å². The van der Waals surface area contributed by atoms with E-state index in [1.54, 1.807) is 0 Å². The lowest BCUT2D eigenvalue weighted by molar-refractivity contribution is 1.18. The summed E-state index contributed by atoms with van der Waals surface area (Å²) in [7, 11) is 0. The number of hydrogen-bond donors (Lipinski definition) is 1. The lowest BCUT2D eigenvalue weighted by atomic mass is 9.98. The number of aromatic amines is 1. The van der Waals surface area contributed by atoms with Crippen molar-refractivity contribution < 1.29 is 0 Å². The molecule has 52 heavy (non-hydrogen) atoms. The molecule has 0 amide bonds. The van der Waals surface area contributed by atoms with Gasteiger partial charge < -0.3 is 9.55 Å². The van der Waals surface area contributed by atoms with Crippen LogP contribution in [0.4, 0.5) is 0 Å². The average molecular weight is 730 g/mol. The molecule has 0 saturated heterocycles. The van der Waals surface area contributed by atoms with E-state index in [4.69, 9.17) is 0 Å². The van der Waals surface area contributed by atoms with Gasteiger partial charge in [0.05, 0.1) is 11.0 Å². The van der Waals surface area contributed by atoms with Gasteiger partial charge in [0.1, 0.15) is 0 Å². The third-order valence-corrected chi connectivity index (χ3v) is 11.0. The third-order valence-electron chi connectivity index (χ3n) is 10.5. The summed E-state index contributed by atoms with van der Waals surface area (Å²) in [5, 5.41) is 5.08. The van der Waals surface area contributed by atoms with Crippen molar-refractivity contribution in [1.29, 1.82) is 0 Å². The Hall–Kier alpha value is -6.16. The van der Waals surface area contributed by atoms with Gasteiger partial charge in [-0.05, 0) is 112 Å². The van der Waals surface area contributed by atoms with Crippen LogP contribution in [0.2, 0.25) is 0 Å². The minimum Gasteiger partial charge on any atom is -0.355 e. The maximum Gasteiger partial charge on any atom is 0.0541 e. The highest BCUT2D eigenvalue weighted by Crippen LogP contribution is 2.38. The minimum absolute atomic E-state index is 1.08. The van der Waals surface area contributed by atoms with Crippen molar-refractivity contribution in [3.63, 3.8) is 0 Å². The molecule has 2 nitrogen and oxygen atoms in total. The second-order valence-electron chi connectivity index (χ2n) is 13.6. The zero-order valence-electron chi connectivity index (χ0n) is 28.4. The Labute approximate surface area is 310 Å². The van der Waals surface area contributed by atoms with E-state index in [0.717, 1.165) is 10.9 Å². The van der Waals surface area contributed by atoms with Crippen molar-refractivity contribution in [2.45, 2.75) is 6.42 Å². The molecule has 0 bridgehead atoms. The van der Waals surface area contributed by atoms with Crippen molar-refractivity contribution in [1.82, 2.24) is 9.55 Å². The molecule has 0 saturated carbocycles. The van der Waals surface area contributed by atoms with Gasteiger partial charge in [0.15, 0.2) is 0 Å². The van der Waals surface area contributed by atoms with Crippen LogP contribution in [0.25, 0.3) is 82.7 Å². The Kier molecular flexibility index (Phi) is 7.40. The number of fused-ring (bicyclic) bond motifs is 9. The fourth-order valence-electron chi connectivity index (χ4n) is 7.99. The average Bonchev–Trinajstić information content (AvgIpc) is 3.87. The van der Waals surface area contributed by atoms with Gasteiger partial charge in [0.2, 0.25) is 0 Å². The molecule has 8 aromatic carbocycles. The van der Waals surface area contributed by atoms with Crippen LogP contribution in [-0.2, 0) is 6.42 Å². The molecule has 0 radical (unpaired) electrons. The van der Waals surface area contributed by atoms with Gasteiger partial charge in [-0.25, -0.2) is 0 Å². The highest BCUT2D eigenvalue weighted by Gasteiger charge is 2.17. The second kappa shape index (κ2) is 12.6. The van der Waals surface area contributed by atoms with Crippen LogP contribution < -0.4 is 0 Å². The van der Waals surface area contributed by atoms with Gasteiger partial charge in [-0.15, -0.1) is 0 Å². The molecule has 11 rings (SSSR count). The van der Waals surface area contributed by atoms with Crippen molar-refractivity contribution in [3.8, 4) is 39.1 Å². The first kappa shape index (κ1) is 30.6. The van der Waals surface area contributed by atoms with Crippen molar-refractivity contribution in [2.75, 3.05) is 0 Å². The van der Waals surface area contributed by atoms with Crippen molar-refractivity contribution in [2.24, 2.45) is 0 Å². The van der Waals surface area contributed by atoms with Crippen LogP contribution in [-0.4, -0.2) is 9.55 Å². The third kappa shape index (κ3) is 5.25. The molecule has 1 aliphatic rings. The SMILES string of the molecule is Brc1ccc2c(c1)-c1ccccc1C2.c1ccc(-n2c3ccccc3c3cc(-c4ccc(-c5ccc6[nH]c7ccccc7c6c5)cc4)ccc32)cc1. The van der Waals surface area contributed by atoms with Crippen LogP contribution in [0, 0.1) is 0 Å². The molecule has 1 aliphatic carbocycles.